The van der Waals surface area contributed by atoms with Crippen molar-refractivity contribution in [3.63, 3.8) is 0 Å². The van der Waals surface area contributed by atoms with E-state index in [9.17, 15) is 18.0 Å². The molecule has 0 atom stereocenters. The van der Waals surface area contributed by atoms with E-state index in [0.717, 1.165) is 5.56 Å². The zero-order chi connectivity index (χ0) is 19.4. The van der Waals surface area contributed by atoms with E-state index >= 15 is 0 Å². The lowest BCUT2D eigenvalue weighted by molar-refractivity contribution is -0.154. The smallest absolute Gasteiger partial charge is 0.422 e. The van der Waals surface area contributed by atoms with Crippen molar-refractivity contribution in [3.05, 3.63) is 58.6 Å². The van der Waals surface area contributed by atoms with Crippen LogP contribution in [-0.4, -0.2) is 28.7 Å². The number of halogens is 4. The van der Waals surface area contributed by atoms with Gasteiger partial charge in [-0.15, -0.1) is 11.3 Å². The van der Waals surface area contributed by atoms with Gasteiger partial charge in [-0.25, -0.2) is 9.97 Å². The van der Waals surface area contributed by atoms with Crippen LogP contribution in [-0.2, 0) is 0 Å². The van der Waals surface area contributed by atoms with Crippen LogP contribution in [0.2, 0.25) is 5.02 Å². The van der Waals surface area contributed by atoms with Crippen LogP contribution in [0.4, 0.5) is 18.3 Å². The number of amides is 1. The number of hydrogen-bond acceptors (Lipinski definition) is 5. The number of hydrogen-bond donors (Lipinski definition) is 1. The summed E-state index contributed by atoms with van der Waals surface area (Å²) in [6.45, 7) is -1.54. The van der Waals surface area contributed by atoms with E-state index < -0.39 is 24.6 Å². The molecule has 5 nitrogen and oxygen atoms in total. The topological polar surface area (TPSA) is 64.1 Å². The summed E-state index contributed by atoms with van der Waals surface area (Å²) in [7, 11) is 0. The molecule has 0 aliphatic rings. The van der Waals surface area contributed by atoms with Crippen molar-refractivity contribution in [1.29, 1.82) is 0 Å². The summed E-state index contributed by atoms with van der Waals surface area (Å²) in [6.07, 6.45) is -3.29. The number of nitrogens with one attached hydrogen (secondary N) is 1. The normalized spacial score (nSPS) is 11.3. The zero-order valence-corrected chi connectivity index (χ0v) is 15.0. The van der Waals surface area contributed by atoms with Crippen LogP contribution < -0.4 is 10.1 Å². The van der Waals surface area contributed by atoms with Crippen molar-refractivity contribution >= 4 is 34.0 Å². The van der Waals surface area contributed by atoms with Crippen molar-refractivity contribution in [2.45, 2.75) is 6.18 Å². The van der Waals surface area contributed by atoms with Crippen molar-refractivity contribution in [1.82, 2.24) is 9.97 Å². The van der Waals surface area contributed by atoms with Crippen LogP contribution in [0, 0.1) is 0 Å². The van der Waals surface area contributed by atoms with Crippen LogP contribution in [0.5, 0.6) is 5.88 Å². The Morgan fingerprint density at radius 2 is 1.96 bits per heavy atom. The van der Waals surface area contributed by atoms with Gasteiger partial charge in [-0.2, -0.15) is 13.2 Å². The summed E-state index contributed by atoms with van der Waals surface area (Å²) < 4.78 is 41.6. The van der Waals surface area contributed by atoms with E-state index in [4.69, 9.17) is 11.6 Å². The number of rotatable bonds is 5. The number of thiazole rings is 1. The summed E-state index contributed by atoms with van der Waals surface area (Å²) in [5.41, 5.74) is 1.32. The molecule has 0 fully saturated rings. The average Bonchev–Trinajstić information content (AvgIpc) is 3.08. The molecule has 3 aromatic rings. The first kappa shape index (κ1) is 19.1. The Morgan fingerprint density at radius 1 is 1.22 bits per heavy atom. The van der Waals surface area contributed by atoms with E-state index in [1.165, 1.54) is 29.7 Å². The highest BCUT2D eigenvalue weighted by molar-refractivity contribution is 7.14. The van der Waals surface area contributed by atoms with E-state index in [1.807, 2.05) is 0 Å². The summed E-state index contributed by atoms with van der Waals surface area (Å²) in [5.74, 6) is -1.07. The molecule has 0 aliphatic heterocycles. The Hall–Kier alpha value is -2.65. The minimum Gasteiger partial charge on any atom is -0.467 e. The van der Waals surface area contributed by atoms with Gasteiger partial charge in [-0.3, -0.25) is 10.1 Å². The lowest BCUT2D eigenvalue weighted by atomic mass is 10.2. The molecule has 0 saturated heterocycles. The fourth-order valence-electron chi connectivity index (χ4n) is 2.08. The van der Waals surface area contributed by atoms with Gasteiger partial charge >= 0.3 is 6.18 Å². The molecule has 10 heteroatoms. The number of pyridine rings is 1. The molecule has 0 radical (unpaired) electrons. The van der Waals surface area contributed by atoms with E-state index in [-0.39, 0.29) is 10.7 Å². The molecule has 0 saturated carbocycles. The second-order valence-electron chi connectivity index (χ2n) is 5.26. The number of carbonyl (C=O) groups is 1. The second-order valence-corrected chi connectivity index (χ2v) is 6.55. The third kappa shape index (κ3) is 5.18. The zero-order valence-electron chi connectivity index (χ0n) is 13.5. The quantitative estimate of drug-likeness (QED) is 0.635. The third-order valence-electron chi connectivity index (χ3n) is 3.25. The Kier molecular flexibility index (Phi) is 5.62. The first-order valence-electron chi connectivity index (χ1n) is 7.49. The Balaban J connectivity index is 1.74. The average molecular weight is 414 g/mol. The minimum atomic E-state index is -4.53. The molecule has 1 aromatic carbocycles. The van der Waals surface area contributed by atoms with Crippen LogP contribution >= 0.6 is 22.9 Å². The second kappa shape index (κ2) is 7.93. The van der Waals surface area contributed by atoms with Gasteiger partial charge in [-0.05, 0) is 24.3 Å². The minimum absolute atomic E-state index is 0.120. The molecule has 140 valence electrons. The van der Waals surface area contributed by atoms with Crippen LogP contribution in [0.15, 0.2) is 48.0 Å². The van der Waals surface area contributed by atoms with Gasteiger partial charge in [0.15, 0.2) is 11.7 Å². The highest BCUT2D eigenvalue weighted by Gasteiger charge is 2.29. The van der Waals surface area contributed by atoms with Crippen LogP contribution in [0.25, 0.3) is 11.3 Å². The molecule has 1 N–H and O–H groups in total. The lowest BCUT2D eigenvalue weighted by Gasteiger charge is -2.11. The van der Waals surface area contributed by atoms with Crippen molar-refractivity contribution in [2.24, 2.45) is 0 Å². The molecule has 0 bridgehead atoms. The Bertz CT molecular complexity index is 945. The molecular weight excluding hydrogens is 403 g/mol. The Labute approximate surface area is 160 Å². The summed E-state index contributed by atoms with van der Waals surface area (Å²) >= 11 is 7.02. The molecule has 0 spiro atoms. The molecule has 27 heavy (non-hydrogen) atoms. The number of benzene rings is 1. The fourth-order valence-corrected chi connectivity index (χ4v) is 2.92. The SMILES string of the molecule is O=C(Nc1nc(-c2ccc(Cl)cc2)cs1)c1cccnc1OCC(F)(F)F. The summed E-state index contributed by atoms with van der Waals surface area (Å²) in [6, 6.07) is 9.75. The maximum Gasteiger partial charge on any atom is 0.422 e. The molecule has 2 aromatic heterocycles. The molecule has 2 heterocycles. The monoisotopic (exact) mass is 413 g/mol. The van der Waals surface area contributed by atoms with Crippen molar-refractivity contribution < 1.29 is 22.7 Å². The predicted molar refractivity (Wildman–Crippen MR) is 96.3 cm³/mol. The standard InChI is InChI=1S/C17H11ClF3N3O2S/c18-11-5-3-10(4-6-11)13-8-27-16(23-13)24-14(25)12-2-1-7-22-15(12)26-9-17(19,20)21/h1-8H,9H2,(H,23,24,25). The number of alkyl halides is 3. The van der Waals surface area contributed by atoms with Gasteiger partial charge in [0.25, 0.3) is 5.91 Å². The number of carbonyl (C=O) groups excluding carboxylic acids is 1. The van der Waals surface area contributed by atoms with E-state index in [2.05, 4.69) is 20.0 Å². The first-order chi connectivity index (χ1) is 12.8. The number of aromatic nitrogens is 2. The molecule has 0 aliphatic carbocycles. The summed E-state index contributed by atoms with van der Waals surface area (Å²) in [4.78, 5) is 20.4. The molecule has 3 rings (SSSR count). The molecular formula is C17H11ClF3N3O2S. The van der Waals surface area contributed by atoms with Crippen LogP contribution in [0.1, 0.15) is 10.4 Å². The predicted octanol–water partition coefficient (Wildman–Crippen LogP) is 5.05. The third-order valence-corrected chi connectivity index (χ3v) is 4.26. The highest BCUT2D eigenvalue weighted by atomic mass is 35.5. The largest absolute Gasteiger partial charge is 0.467 e. The van der Waals surface area contributed by atoms with Crippen LogP contribution in [0.3, 0.4) is 0 Å². The number of nitrogens with zero attached hydrogens (tertiary/aromatic N) is 2. The van der Waals surface area contributed by atoms with Crippen molar-refractivity contribution in [3.8, 4) is 17.1 Å². The van der Waals surface area contributed by atoms with Gasteiger partial charge in [0.05, 0.1) is 5.69 Å². The van der Waals surface area contributed by atoms with Gasteiger partial charge in [0, 0.05) is 22.2 Å². The maximum atomic E-state index is 12.4. The van der Waals surface area contributed by atoms with Gasteiger partial charge < -0.3 is 4.74 Å². The fraction of sp³-hybridized carbons (Fsp3) is 0.118. The van der Waals surface area contributed by atoms with E-state index in [1.54, 1.807) is 29.6 Å². The van der Waals surface area contributed by atoms with E-state index in [0.29, 0.717) is 10.7 Å². The highest BCUT2D eigenvalue weighted by Crippen LogP contribution is 2.27. The molecule has 0 unspecified atom stereocenters. The van der Waals surface area contributed by atoms with Gasteiger partial charge in [0.1, 0.15) is 5.56 Å². The lowest BCUT2D eigenvalue weighted by Crippen LogP contribution is -2.21. The van der Waals surface area contributed by atoms with Crippen molar-refractivity contribution in [2.75, 3.05) is 11.9 Å². The first-order valence-corrected chi connectivity index (χ1v) is 8.75. The van der Waals surface area contributed by atoms with Gasteiger partial charge in [-0.1, -0.05) is 23.7 Å². The number of anilines is 1. The molecule has 1 amide bonds. The maximum absolute atomic E-state index is 12.4. The van der Waals surface area contributed by atoms with Gasteiger partial charge in [0.2, 0.25) is 5.88 Å². The summed E-state index contributed by atoms with van der Waals surface area (Å²) in [5, 5.41) is 5.15. The Morgan fingerprint density at radius 3 is 2.67 bits per heavy atom. The number of ether oxygens (including phenoxy) is 1.